The first-order chi connectivity index (χ1) is 19.8. The van der Waals surface area contributed by atoms with E-state index in [0.29, 0.717) is 11.1 Å². The standard InChI is InChI=1S/2C11H10N4OS.2NO3.Ni/c2*12-11(17)15-13-6-8-5-7-3-1-2-4-9(7)14-10(8)16;2*2-1(3)4;/h2*1-6H,(H,14,16)(H3,12,15,17);;;/q;;2*-3;+2/b2*13-6+;;;. The number of pyridine rings is 2. The van der Waals surface area contributed by atoms with Crippen molar-refractivity contribution in [1.29, 1.82) is 0 Å². The average Bonchev–Trinajstić information content (AvgIpc) is 2.88. The molecule has 0 aliphatic carbocycles. The van der Waals surface area contributed by atoms with Crippen molar-refractivity contribution in [3.63, 3.8) is 0 Å². The maximum atomic E-state index is 11.7. The van der Waals surface area contributed by atoms with E-state index in [1.807, 2.05) is 48.5 Å². The summed E-state index contributed by atoms with van der Waals surface area (Å²) in [5.41, 5.74) is 17.2. The van der Waals surface area contributed by atoms with Crippen molar-refractivity contribution in [2.75, 3.05) is 0 Å². The van der Waals surface area contributed by atoms with Crippen LogP contribution in [-0.4, -0.2) is 43.4 Å². The van der Waals surface area contributed by atoms with Crippen LogP contribution in [0.25, 0.3) is 21.8 Å². The molecule has 2 aromatic carbocycles. The number of hydrogen-bond donors (Lipinski definition) is 6. The zero-order valence-electron chi connectivity index (χ0n) is 21.3. The van der Waals surface area contributed by atoms with Gasteiger partial charge in [-0.15, -0.1) is 0 Å². The van der Waals surface area contributed by atoms with Gasteiger partial charge in [-0.3, -0.25) is 20.4 Å². The van der Waals surface area contributed by atoms with Gasteiger partial charge in [0.05, 0.1) is 23.6 Å². The number of para-hydroxylation sites is 2. The molecule has 4 rings (SSSR count). The van der Waals surface area contributed by atoms with Crippen LogP contribution in [0.3, 0.4) is 0 Å². The van der Waals surface area contributed by atoms with Crippen molar-refractivity contribution < 1.29 is 16.5 Å². The van der Waals surface area contributed by atoms with E-state index in [4.69, 9.17) is 42.7 Å². The van der Waals surface area contributed by atoms with Gasteiger partial charge in [0.2, 0.25) is 0 Å². The summed E-state index contributed by atoms with van der Waals surface area (Å²) in [5, 5.41) is 55.5. The fourth-order valence-corrected chi connectivity index (χ4v) is 2.96. The van der Waals surface area contributed by atoms with Gasteiger partial charge in [-0.25, -0.2) is 0 Å². The number of hydrazone groups is 2. The summed E-state index contributed by atoms with van der Waals surface area (Å²) in [6.45, 7) is 0. The Hall–Kier alpha value is -4.25. The van der Waals surface area contributed by atoms with Gasteiger partial charge in [-0.2, -0.15) is 10.2 Å². The Labute approximate surface area is 261 Å². The van der Waals surface area contributed by atoms with Crippen LogP contribution >= 0.6 is 24.4 Å². The minimum atomic E-state index is -1.75. The minimum absolute atomic E-state index is 0. The van der Waals surface area contributed by atoms with Gasteiger partial charge in [0, 0.05) is 11.0 Å². The van der Waals surface area contributed by atoms with Crippen LogP contribution in [0.1, 0.15) is 11.1 Å². The molecule has 0 atom stereocenters. The third kappa shape index (κ3) is 16.7. The molecule has 43 heavy (non-hydrogen) atoms. The number of hydrogen-bond acceptors (Lipinski definition) is 14. The van der Waals surface area contributed by atoms with E-state index >= 15 is 0 Å². The Balaban J connectivity index is 0.000000646. The molecule has 18 nitrogen and oxygen atoms in total. The van der Waals surface area contributed by atoms with Crippen molar-refractivity contribution in [3.8, 4) is 0 Å². The molecule has 0 unspecified atom stereocenters. The molecule has 232 valence electrons. The van der Waals surface area contributed by atoms with Crippen LogP contribution < -0.4 is 33.4 Å². The fraction of sp³-hybridized carbons (Fsp3) is 0. The van der Waals surface area contributed by atoms with Crippen molar-refractivity contribution in [2.24, 2.45) is 21.7 Å². The molecule has 0 saturated heterocycles. The predicted molar refractivity (Wildman–Crippen MR) is 168 cm³/mol. The zero-order chi connectivity index (χ0) is 31.7. The number of nitrogens with zero attached hydrogens (tertiary/aromatic N) is 4. The maximum Gasteiger partial charge on any atom is 2.00 e. The van der Waals surface area contributed by atoms with Gasteiger partial charge in [0.25, 0.3) is 11.1 Å². The number of rotatable bonds is 4. The first-order valence-corrected chi connectivity index (χ1v) is 11.7. The molecule has 0 aliphatic heterocycles. The van der Waals surface area contributed by atoms with Gasteiger partial charge in [0.1, 0.15) is 0 Å². The number of benzene rings is 2. The van der Waals surface area contributed by atoms with E-state index < -0.39 is 10.8 Å². The summed E-state index contributed by atoms with van der Waals surface area (Å²) < 4.78 is 0. The molecule has 0 aliphatic rings. The second kappa shape index (κ2) is 20.6. The molecule has 0 saturated carbocycles. The quantitative estimate of drug-likeness (QED) is 0.0759. The number of aromatic nitrogens is 2. The molecule has 4 aromatic rings. The SMILES string of the molecule is NC(=S)N/N=C/c1cc2ccccc2[nH]c1=O.NC(=S)N/N=C/c1cc2ccccc2[nH]c1=O.[Ni+2].[O-]N([O-])[O-].[O-]N([O-])[O-]. The Morgan fingerprint density at radius 1 is 0.698 bits per heavy atom. The number of aromatic amines is 2. The van der Waals surface area contributed by atoms with E-state index in [1.165, 1.54) is 12.4 Å². The molecule has 0 bridgehead atoms. The third-order valence-corrected chi connectivity index (χ3v) is 4.50. The van der Waals surface area contributed by atoms with Crippen molar-refractivity contribution in [2.45, 2.75) is 0 Å². The first kappa shape index (κ1) is 38.8. The summed E-state index contributed by atoms with van der Waals surface area (Å²) in [4.78, 5) is 28.9. The van der Waals surface area contributed by atoms with Crippen LogP contribution in [0.15, 0.2) is 80.5 Å². The van der Waals surface area contributed by atoms with E-state index in [1.54, 1.807) is 12.1 Å². The smallest absolute Gasteiger partial charge is 0.809 e. The maximum absolute atomic E-state index is 11.7. The van der Waals surface area contributed by atoms with Crippen molar-refractivity contribution >= 4 is 68.9 Å². The van der Waals surface area contributed by atoms with Gasteiger partial charge in [-0.05, 0) is 59.5 Å². The van der Waals surface area contributed by atoms with E-state index in [2.05, 4.69) is 55.5 Å². The van der Waals surface area contributed by atoms with Crippen molar-refractivity contribution in [1.82, 2.24) is 31.6 Å². The topological polar surface area (TPSA) is 311 Å². The monoisotopic (exact) mass is 674 g/mol. The van der Waals surface area contributed by atoms with Crippen molar-refractivity contribution in [3.05, 3.63) is 124 Å². The van der Waals surface area contributed by atoms with E-state index in [0.717, 1.165) is 21.8 Å². The van der Waals surface area contributed by atoms with Gasteiger partial charge >= 0.3 is 16.5 Å². The molecule has 0 spiro atoms. The van der Waals surface area contributed by atoms with Gasteiger partial charge < -0.3 is 63.5 Å². The molecular weight excluding hydrogens is 655 g/mol. The Bertz CT molecular complexity index is 1520. The summed E-state index contributed by atoms with van der Waals surface area (Å²) in [6, 6.07) is 18.5. The zero-order valence-corrected chi connectivity index (χ0v) is 23.9. The number of nitrogens with one attached hydrogen (secondary N) is 4. The van der Waals surface area contributed by atoms with Gasteiger partial charge in [0.15, 0.2) is 10.2 Å². The predicted octanol–water partition coefficient (Wildman–Crippen LogP) is 0.952. The normalized spacial score (nSPS) is 10.2. The van der Waals surface area contributed by atoms with Gasteiger partial charge in [-0.1, -0.05) is 36.4 Å². The summed E-state index contributed by atoms with van der Waals surface area (Å²) in [7, 11) is 0. The van der Waals surface area contributed by atoms with Crippen LogP contribution in [0.4, 0.5) is 0 Å². The summed E-state index contributed by atoms with van der Waals surface area (Å²) in [5.74, 6) is 0. The van der Waals surface area contributed by atoms with E-state index in [-0.39, 0.29) is 37.8 Å². The van der Waals surface area contributed by atoms with Crippen LogP contribution in [-0.2, 0) is 16.5 Å². The fourth-order valence-electron chi connectivity index (χ4n) is 2.85. The molecular formula is C22H20N10NiO8S2-4. The molecule has 0 fully saturated rings. The average molecular weight is 675 g/mol. The molecule has 21 heteroatoms. The molecule has 0 radical (unpaired) electrons. The summed E-state index contributed by atoms with van der Waals surface area (Å²) in [6.07, 6.45) is 2.76. The Morgan fingerprint density at radius 2 is 1.00 bits per heavy atom. The second-order valence-electron chi connectivity index (χ2n) is 7.20. The summed E-state index contributed by atoms with van der Waals surface area (Å²) >= 11 is 9.18. The molecule has 2 aromatic heterocycles. The van der Waals surface area contributed by atoms with Crippen LogP contribution in [0, 0.1) is 31.2 Å². The Kier molecular flexibility index (Phi) is 18.6. The Morgan fingerprint density at radius 3 is 1.30 bits per heavy atom. The van der Waals surface area contributed by atoms with Crippen LogP contribution in [0.2, 0.25) is 0 Å². The number of H-pyrrole nitrogens is 2. The number of thiocarbonyl (C=S) groups is 2. The first-order valence-electron chi connectivity index (χ1n) is 10.8. The largest absolute Gasteiger partial charge is 2.00 e. The number of fused-ring (bicyclic) bond motifs is 2. The molecule has 0 amide bonds. The molecule has 8 N–H and O–H groups in total. The minimum Gasteiger partial charge on any atom is -0.809 e. The second-order valence-corrected chi connectivity index (χ2v) is 8.08. The van der Waals surface area contributed by atoms with Crippen LogP contribution in [0.5, 0.6) is 0 Å². The number of nitrogens with two attached hydrogens (primary N) is 2. The molecule has 2 heterocycles. The van der Waals surface area contributed by atoms with E-state index in [9.17, 15) is 9.59 Å². The third-order valence-electron chi connectivity index (χ3n) is 4.32.